The molecule has 0 atom stereocenters. The quantitative estimate of drug-likeness (QED) is 0.594. The maximum Gasteiger partial charge on any atom is 0.227 e. The molecule has 1 N–H and O–H groups in total. The number of aromatic nitrogens is 1. The smallest absolute Gasteiger partial charge is 0.227 e. The van der Waals surface area contributed by atoms with Gasteiger partial charge >= 0.3 is 0 Å². The van der Waals surface area contributed by atoms with Crippen LogP contribution in [0.4, 0.5) is 5.69 Å². The number of amides is 1. The van der Waals surface area contributed by atoms with Crippen LogP contribution >= 0.6 is 0 Å². The van der Waals surface area contributed by atoms with Crippen LogP contribution in [0.15, 0.2) is 60.8 Å². The normalized spacial score (nSPS) is 16.0. The molecular formula is C27H31N3O3. The zero-order valence-electron chi connectivity index (χ0n) is 19.3. The van der Waals surface area contributed by atoms with Crippen molar-refractivity contribution in [3.8, 4) is 17.2 Å². The molecule has 3 aromatic rings. The highest BCUT2D eigenvalue weighted by atomic mass is 16.5. The number of carbonyl (C=O) groups excluding carboxylic acids is 1. The van der Waals surface area contributed by atoms with Gasteiger partial charge in [0.15, 0.2) is 11.5 Å². The predicted octanol–water partition coefficient (Wildman–Crippen LogP) is 4.76. The fourth-order valence-corrected chi connectivity index (χ4v) is 5.16. The first-order chi connectivity index (χ1) is 16.1. The largest absolute Gasteiger partial charge is 0.490 e. The van der Waals surface area contributed by atoms with Crippen LogP contribution < -0.4 is 14.8 Å². The van der Waals surface area contributed by atoms with Gasteiger partial charge in [-0.05, 0) is 57.0 Å². The second kappa shape index (κ2) is 8.85. The Morgan fingerprint density at radius 1 is 0.970 bits per heavy atom. The third-order valence-electron chi connectivity index (χ3n) is 6.74. The summed E-state index contributed by atoms with van der Waals surface area (Å²) in [6, 6.07) is 18.5. The summed E-state index contributed by atoms with van der Waals surface area (Å²) in [5.41, 5.74) is 4.33. The summed E-state index contributed by atoms with van der Waals surface area (Å²) >= 11 is 0. The fraction of sp³-hybridized carbons (Fsp3) is 0.370. The van der Waals surface area contributed by atoms with E-state index in [1.807, 2.05) is 36.9 Å². The molecule has 1 spiro atoms. The van der Waals surface area contributed by atoms with Gasteiger partial charge in [0, 0.05) is 30.5 Å². The lowest BCUT2D eigenvalue weighted by molar-refractivity contribution is -0.132. The van der Waals surface area contributed by atoms with Crippen LogP contribution in [0.5, 0.6) is 11.5 Å². The van der Waals surface area contributed by atoms with E-state index in [1.54, 1.807) is 0 Å². The number of benzene rings is 2. The van der Waals surface area contributed by atoms with Gasteiger partial charge in [0.05, 0.1) is 36.5 Å². The van der Waals surface area contributed by atoms with Crippen molar-refractivity contribution in [2.24, 2.45) is 0 Å². The van der Waals surface area contributed by atoms with Crippen LogP contribution in [0.2, 0.25) is 0 Å². The Balaban J connectivity index is 1.32. The molecule has 3 heterocycles. The van der Waals surface area contributed by atoms with E-state index in [4.69, 9.17) is 9.47 Å². The highest BCUT2D eigenvalue weighted by molar-refractivity contribution is 5.80. The molecular weight excluding hydrogens is 414 g/mol. The number of likely N-dealkylation sites (tertiary alicyclic amines) is 1. The lowest BCUT2D eigenvalue weighted by Crippen LogP contribution is -2.51. The van der Waals surface area contributed by atoms with E-state index >= 15 is 0 Å². The number of hydrogen-bond acceptors (Lipinski definition) is 4. The first kappa shape index (κ1) is 21.4. The van der Waals surface area contributed by atoms with Crippen molar-refractivity contribution in [2.45, 2.75) is 38.6 Å². The molecule has 1 aromatic heterocycles. The van der Waals surface area contributed by atoms with Gasteiger partial charge in [0.2, 0.25) is 5.91 Å². The molecule has 5 rings (SSSR count). The van der Waals surface area contributed by atoms with Gasteiger partial charge in [-0.25, -0.2) is 0 Å². The first-order valence-electron chi connectivity index (χ1n) is 11.9. The fourth-order valence-electron chi connectivity index (χ4n) is 5.16. The Kier molecular flexibility index (Phi) is 5.75. The molecule has 2 aromatic carbocycles. The lowest BCUT2D eigenvalue weighted by atomic mass is 9.82. The van der Waals surface area contributed by atoms with E-state index in [-0.39, 0.29) is 11.4 Å². The molecule has 172 valence electrons. The predicted molar refractivity (Wildman–Crippen MR) is 129 cm³/mol. The molecule has 33 heavy (non-hydrogen) atoms. The van der Waals surface area contributed by atoms with Gasteiger partial charge in [0.25, 0.3) is 0 Å². The zero-order valence-corrected chi connectivity index (χ0v) is 19.3. The molecule has 2 aliphatic heterocycles. The average molecular weight is 446 g/mol. The zero-order chi connectivity index (χ0) is 22.8. The van der Waals surface area contributed by atoms with Crippen LogP contribution in [0, 0.1) is 0 Å². The number of hydrogen-bond donors (Lipinski definition) is 1. The number of para-hydroxylation sites is 3. The Morgan fingerprint density at radius 2 is 1.76 bits per heavy atom. The van der Waals surface area contributed by atoms with Crippen LogP contribution in [-0.2, 0) is 16.8 Å². The van der Waals surface area contributed by atoms with Crippen molar-refractivity contribution < 1.29 is 14.3 Å². The molecule has 0 radical (unpaired) electrons. The molecule has 6 nitrogen and oxygen atoms in total. The van der Waals surface area contributed by atoms with Gasteiger partial charge in [-0.2, -0.15) is 0 Å². The maximum atomic E-state index is 13.3. The van der Waals surface area contributed by atoms with Crippen molar-refractivity contribution in [1.29, 1.82) is 0 Å². The highest BCUT2D eigenvalue weighted by Crippen LogP contribution is 2.43. The minimum Gasteiger partial charge on any atom is -0.490 e. The van der Waals surface area contributed by atoms with Crippen molar-refractivity contribution in [2.75, 3.05) is 31.6 Å². The van der Waals surface area contributed by atoms with Gasteiger partial charge < -0.3 is 24.3 Å². The second-order valence-corrected chi connectivity index (χ2v) is 8.66. The van der Waals surface area contributed by atoms with E-state index in [1.165, 1.54) is 11.4 Å². The third-order valence-corrected chi connectivity index (χ3v) is 6.74. The summed E-state index contributed by atoms with van der Waals surface area (Å²) in [7, 11) is 0. The molecule has 1 saturated heterocycles. The minimum atomic E-state index is -0.153. The monoisotopic (exact) mass is 445 g/mol. The second-order valence-electron chi connectivity index (χ2n) is 8.66. The molecule has 0 aliphatic carbocycles. The van der Waals surface area contributed by atoms with Crippen molar-refractivity contribution >= 4 is 11.6 Å². The molecule has 2 aliphatic rings. The molecule has 0 bridgehead atoms. The first-order valence-corrected chi connectivity index (χ1v) is 11.9. The number of piperidine rings is 1. The summed E-state index contributed by atoms with van der Waals surface area (Å²) in [5, 5.41) is 3.82. The number of anilines is 1. The Morgan fingerprint density at radius 3 is 2.55 bits per heavy atom. The molecule has 6 heteroatoms. The summed E-state index contributed by atoms with van der Waals surface area (Å²) in [6.45, 7) is 6.42. The number of nitrogens with zero attached hydrogens (tertiary/aromatic N) is 2. The number of fused-ring (bicyclic) bond motifs is 4. The third kappa shape index (κ3) is 3.84. The van der Waals surface area contributed by atoms with Crippen molar-refractivity contribution in [3.63, 3.8) is 0 Å². The lowest BCUT2D eigenvalue weighted by Gasteiger charge is -2.46. The molecule has 1 fully saturated rings. The number of rotatable bonds is 6. The van der Waals surface area contributed by atoms with Crippen LogP contribution in [0.3, 0.4) is 0 Å². The van der Waals surface area contributed by atoms with Gasteiger partial charge in [-0.15, -0.1) is 0 Å². The Bertz CT molecular complexity index is 1150. The number of nitrogens with one attached hydrogen (secondary N) is 1. The molecule has 0 saturated carbocycles. The SMILES string of the molecule is CCOc1cccc(CC(=O)N2CCC3(CC2)Nc2ccccc2-n2cccc23)c1OCC. The van der Waals surface area contributed by atoms with E-state index in [2.05, 4.69) is 52.5 Å². The van der Waals surface area contributed by atoms with Crippen LogP contribution in [0.25, 0.3) is 5.69 Å². The summed E-state index contributed by atoms with van der Waals surface area (Å²) in [4.78, 5) is 15.3. The highest BCUT2D eigenvalue weighted by Gasteiger charge is 2.42. The topological polar surface area (TPSA) is 55.7 Å². The number of carbonyl (C=O) groups is 1. The van der Waals surface area contributed by atoms with E-state index in [0.717, 1.165) is 24.1 Å². The minimum absolute atomic E-state index is 0.131. The van der Waals surface area contributed by atoms with Gasteiger partial charge in [-0.3, -0.25) is 4.79 Å². The summed E-state index contributed by atoms with van der Waals surface area (Å²) < 4.78 is 13.9. The van der Waals surface area contributed by atoms with Crippen LogP contribution in [0.1, 0.15) is 37.9 Å². The summed E-state index contributed by atoms with van der Waals surface area (Å²) in [6.07, 6.45) is 4.19. The standard InChI is InChI=1S/C27H31N3O3/c1-3-32-23-12-7-9-20(26(23)33-4-2)19-25(31)29-17-14-27(15-18-29)24-13-8-16-30(24)22-11-6-5-10-21(22)28-27/h5-13,16,28H,3-4,14-15,17-19H2,1-2H3. The molecule has 0 unspecified atom stereocenters. The van der Waals surface area contributed by atoms with Crippen molar-refractivity contribution in [3.05, 3.63) is 72.1 Å². The van der Waals surface area contributed by atoms with Gasteiger partial charge in [-0.1, -0.05) is 24.3 Å². The maximum absolute atomic E-state index is 13.3. The van der Waals surface area contributed by atoms with Gasteiger partial charge in [0.1, 0.15) is 0 Å². The number of ether oxygens (including phenoxy) is 2. The van der Waals surface area contributed by atoms with E-state index < -0.39 is 0 Å². The average Bonchev–Trinajstić information content (AvgIpc) is 3.33. The summed E-state index contributed by atoms with van der Waals surface area (Å²) in [5.74, 6) is 1.52. The van der Waals surface area contributed by atoms with Crippen molar-refractivity contribution in [1.82, 2.24) is 9.47 Å². The molecule has 1 amide bonds. The van der Waals surface area contributed by atoms with E-state index in [9.17, 15) is 4.79 Å². The Hall–Kier alpha value is -3.41. The van der Waals surface area contributed by atoms with E-state index in [0.29, 0.717) is 44.2 Å². The van der Waals surface area contributed by atoms with Crippen LogP contribution in [-0.4, -0.2) is 41.7 Å². The Labute approximate surface area is 195 Å².